The summed E-state index contributed by atoms with van der Waals surface area (Å²) in [7, 11) is -3.52. The highest BCUT2D eigenvalue weighted by atomic mass is 32.2. The van der Waals surface area contributed by atoms with E-state index in [4.69, 9.17) is 4.74 Å². The number of sulfonamides is 1. The number of hydrogen-bond donors (Lipinski definition) is 1. The predicted octanol–water partition coefficient (Wildman–Crippen LogP) is 2.90. The van der Waals surface area contributed by atoms with Crippen LogP contribution in [0.5, 0.6) is 0 Å². The maximum absolute atomic E-state index is 12.6. The Labute approximate surface area is 164 Å². The molecule has 0 unspecified atom stereocenters. The topological polar surface area (TPSA) is 92.8 Å². The number of carbonyl (C=O) groups is 2. The third kappa shape index (κ3) is 4.23. The number of hydrogen-bond acceptors (Lipinski definition) is 5. The van der Waals surface area contributed by atoms with E-state index in [2.05, 4.69) is 5.32 Å². The second-order valence-corrected chi connectivity index (χ2v) is 8.29. The average molecular weight is 402 g/mol. The van der Waals surface area contributed by atoms with Gasteiger partial charge in [0.15, 0.2) is 0 Å². The first kappa shape index (κ1) is 20.0. The number of nitrogens with one attached hydrogen (secondary N) is 1. The Hall–Kier alpha value is -2.71. The van der Waals surface area contributed by atoms with Crippen molar-refractivity contribution in [2.75, 3.05) is 25.0 Å². The number of benzene rings is 2. The van der Waals surface area contributed by atoms with E-state index in [-0.39, 0.29) is 17.1 Å². The molecule has 1 aliphatic rings. The van der Waals surface area contributed by atoms with Gasteiger partial charge in [-0.05, 0) is 56.2 Å². The smallest absolute Gasteiger partial charge is 0.340 e. The molecule has 1 N–H and O–H groups in total. The van der Waals surface area contributed by atoms with Gasteiger partial charge in [-0.25, -0.2) is 13.2 Å². The van der Waals surface area contributed by atoms with E-state index in [1.54, 1.807) is 31.2 Å². The highest BCUT2D eigenvalue weighted by molar-refractivity contribution is 7.89. The van der Waals surface area contributed by atoms with Gasteiger partial charge in [-0.3, -0.25) is 4.79 Å². The fourth-order valence-corrected chi connectivity index (χ4v) is 4.55. The van der Waals surface area contributed by atoms with Crippen LogP contribution in [0.1, 0.15) is 40.5 Å². The predicted molar refractivity (Wildman–Crippen MR) is 105 cm³/mol. The van der Waals surface area contributed by atoms with Gasteiger partial charge in [0.25, 0.3) is 5.91 Å². The molecular weight excluding hydrogens is 380 g/mol. The van der Waals surface area contributed by atoms with Crippen LogP contribution in [0.3, 0.4) is 0 Å². The van der Waals surface area contributed by atoms with Gasteiger partial charge in [0.05, 0.1) is 22.8 Å². The summed E-state index contributed by atoms with van der Waals surface area (Å²) in [5.41, 5.74) is 0.879. The molecule has 0 spiro atoms. The Morgan fingerprint density at radius 2 is 1.68 bits per heavy atom. The highest BCUT2D eigenvalue weighted by Crippen LogP contribution is 2.22. The van der Waals surface area contributed by atoms with Crippen LogP contribution < -0.4 is 5.32 Å². The molecule has 3 rings (SSSR count). The van der Waals surface area contributed by atoms with E-state index in [1.165, 1.54) is 28.6 Å². The van der Waals surface area contributed by atoms with E-state index in [1.807, 2.05) is 0 Å². The first-order valence-electron chi connectivity index (χ1n) is 9.11. The largest absolute Gasteiger partial charge is 0.462 e. The molecule has 1 saturated heterocycles. The van der Waals surface area contributed by atoms with Crippen LogP contribution in [0.4, 0.5) is 5.69 Å². The molecule has 7 nitrogen and oxygen atoms in total. The van der Waals surface area contributed by atoms with Crippen LogP contribution in [0.2, 0.25) is 0 Å². The van der Waals surface area contributed by atoms with Crippen LogP contribution >= 0.6 is 0 Å². The number of carbonyl (C=O) groups excluding carboxylic acids is 2. The number of rotatable bonds is 6. The number of anilines is 1. The van der Waals surface area contributed by atoms with Crippen LogP contribution in [-0.2, 0) is 14.8 Å². The van der Waals surface area contributed by atoms with Gasteiger partial charge >= 0.3 is 5.97 Å². The normalized spacial score (nSPS) is 14.6. The summed E-state index contributed by atoms with van der Waals surface area (Å²) in [6.45, 7) is 2.98. The molecule has 0 radical (unpaired) electrons. The monoisotopic (exact) mass is 402 g/mol. The van der Waals surface area contributed by atoms with Gasteiger partial charge in [-0.15, -0.1) is 0 Å². The van der Waals surface area contributed by atoms with Gasteiger partial charge in [-0.2, -0.15) is 4.31 Å². The SMILES string of the molecule is CCOC(=O)c1ccccc1NC(=O)c1ccc(S(=O)(=O)N2CCCC2)cc1. The quantitative estimate of drug-likeness (QED) is 0.750. The van der Waals surface area contributed by atoms with Crippen molar-refractivity contribution in [1.29, 1.82) is 0 Å². The second kappa shape index (κ2) is 8.53. The maximum atomic E-state index is 12.6. The molecule has 148 valence electrons. The van der Waals surface area contributed by atoms with Gasteiger partial charge < -0.3 is 10.1 Å². The van der Waals surface area contributed by atoms with Gasteiger partial charge in [-0.1, -0.05) is 12.1 Å². The van der Waals surface area contributed by atoms with Crippen LogP contribution in [0.15, 0.2) is 53.4 Å². The second-order valence-electron chi connectivity index (χ2n) is 6.36. The molecular formula is C20H22N2O5S. The molecule has 1 amide bonds. The minimum Gasteiger partial charge on any atom is -0.462 e. The summed E-state index contributed by atoms with van der Waals surface area (Å²) in [6, 6.07) is 12.3. The Kier molecular flexibility index (Phi) is 6.11. The van der Waals surface area contributed by atoms with Gasteiger partial charge in [0.1, 0.15) is 0 Å². The molecule has 0 bridgehead atoms. The summed E-state index contributed by atoms with van der Waals surface area (Å²) in [6.07, 6.45) is 1.72. The van der Waals surface area contributed by atoms with Crippen LogP contribution in [-0.4, -0.2) is 44.3 Å². The molecule has 2 aromatic rings. The Balaban J connectivity index is 1.77. The Morgan fingerprint density at radius 1 is 1.04 bits per heavy atom. The lowest BCUT2D eigenvalue weighted by Crippen LogP contribution is -2.27. The average Bonchev–Trinajstić information content (AvgIpc) is 3.24. The van der Waals surface area contributed by atoms with Crippen molar-refractivity contribution in [1.82, 2.24) is 4.31 Å². The molecule has 1 heterocycles. The summed E-state index contributed by atoms with van der Waals surface area (Å²) in [5, 5.41) is 2.68. The van der Waals surface area contributed by atoms with Crippen molar-refractivity contribution < 1.29 is 22.7 Å². The third-order valence-corrected chi connectivity index (χ3v) is 6.40. The van der Waals surface area contributed by atoms with Crippen molar-refractivity contribution in [3.05, 3.63) is 59.7 Å². The lowest BCUT2D eigenvalue weighted by Gasteiger charge is -2.15. The fraction of sp³-hybridized carbons (Fsp3) is 0.300. The first-order valence-corrected chi connectivity index (χ1v) is 10.5. The molecule has 8 heteroatoms. The van der Waals surface area contributed by atoms with Crippen LogP contribution in [0, 0.1) is 0 Å². The van der Waals surface area contributed by atoms with Crippen molar-refractivity contribution >= 4 is 27.6 Å². The zero-order valence-electron chi connectivity index (χ0n) is 15.6. The first-order chi connectivity index (χ1) is 13.4. The summed E-state index contributed by atoms with van der Waals surface area (Å²) in [5.74, 6) is -0.965. The number of ether oxygens (including phenoxy) is 1. The van der Waals surface area contributed by atoms with Gasteiger partial charge in [0, 0.05) is 18.7 Å². The molecule has 0 aromatic heterocycles. The maximum Gasteiger partial charge on any atom is 0.340 e. The van der Waals surface area contributed by atoms with E-state index in [0.29, 0.717) is 24.3 Å². The molecule has 0 aliphatic carbocycles. The van der Waals surface area contributed by atoms with Crippen molar-refractivity contribution in [2.24, 2.45) is 0 Å². The Morgan fingerprint density at radius 3 is 2.32 bits per heavy atom. The molecule has 0 saturated carbocycles. The summed E-state index contributed by atoms with van der Waals surface area (Å²) in [4.78, 5) is 24.7. The molecule has 2 aromatic carbocycles. The van der Waals surface area contributed by atoms with E-state index in [0.717, 1.165) is 12.8 Å². The molecule has 1 aliphatic heterocycles. The number of esters is 1. The summed E-state index contributed by atoms with van der Waals surface area (Å²) < 4.78 is 31.6. The minimum atomic E-state index is -3.52. The zero-order chi connectivity index (χ0) is 20.1. The number of para-hydroxylation sites is 1. The van der Waals surface area contributed by atoms with Crippen molar-refractivity contribution in [3.8, 4) is 0 Å². The molecule has 0 atom stereocenters. The zero-order valence-corrected chi connectivity index (χ0v) is 16.4. The lowest BCUT2D eigenvalue weighted by atomic mass is 10.1. The Bertz CT molecular complexity index is 964. The standard InChI is InChI=1S/C20H22N2O5S/c1-2-27-20(24)17-7-3-4-8-18(17)21-19(23)15-9-11-16(12-10-15)28(25,26)22-13-5-6-14-22/h3-4,7-12H,2,5-6,13-14H2,1H3,(H,21,23). The third-order valence-electron chi connectivity index (χ3n) is 4.49. The lowest BCUT2D eigenvalue weighted by molar-refractivity contribution is 0.0527. The van der Waals surface area contributed by atoms with Crippen LogP contribution in [0.25, 0.3) is 0 Å². The van der Waals surface area contributed by atoms with Crippen molar-refractivity contribution in [2.45, 2.75) is 24.7 Å². The fourth-order valence-electron chi connectivity index (χ4n) is 3.03. The van der Waals surface area contributed by atoms with E-state index in [9.17, 15) is 18.0 Å². The number of amides is 1. The van der Waals surface area contributed by atoms with E-state index >= 15 is 0 Å². The molecule has 1 fully saturated rings. The number of nitrogens with zero attached hydrogens (tertiary/aromatic N) is 1. The van der Waals surface area contributed by atoms with Crippen molar-refractivity contribution in [3.63, 3.8) is 0 Å². The van der Waals surface area contributed by atoms with E-state index < -0.39 is 21.9 Å². The summed E-state index contributed by atoms with van der Waals surface area (Å²) >= 11 is 0. The highest BCUT2D eigenvalue weighted by Gasteiger charge is 2.27. The molecule has 28 heavy (non-hydrogen) atoms. The van der Waals surface area contributed by atoms with Gasteiger partial charge in [0.2, 0.25) is 10.0 Å². The minimum absolute atomic E-state index is 0.165.